The third kappa shape index (κ3) is 5.08. The molecular formula is C12H22N2O4S. The van der Waals surface area contributed by atoms with Crippen molar-refractivity contribution < 1.29 is 18.3 Å². The normalized spacial score (nSPS) is 24.7. The molecule has 2 rings (SSSR count). The van der Waals surface area contributed by atoms with Crippen LogP contribution in [0.1, 0.15) is 32.1 Å². The molecule has 2 aliphatic rings. The standard InChI is InChI=1S/C12H22N2O4S/c15-12(16)2-1-7-19(17,18)13-8-10-5-6-14(9-10)11-3-4-11/h10-11,13H,1-9H2,(H,15,16). The summed E-state index contributed by atoms with van der Waals surface area (Å²) in [6.07, 6.45) is 3.69. The molecule has 0 amide bonds. The molecule has 2 fully saturated rings. The predicted molar refractivity (Wildman–Crippen MR) is 71.4 cm³/mol. The second kappa shape index (κ2) is 6.19. The van der Waals surface area contributed by atoms with Gasteiger partial charge in [0.15, 0.2) is 0 Å². The number of hydrogen-bond acceptors (Lipinski definition) is 4. The van der Waals surface area contributed by atoms with E-state index in [4.69, 9.17) is 5.11 Å². The van der Waals surface area contributed by atoms with Gasteiger partial charge in [-0.15, -0.1) is 0 Å². The number of carbonyl (C=O) groups is 1. The topological polar surface area (TPSA) is 86.7 Å². The van der Waals surface area contributed by atoms with Crippen molar-refractivity contribution in [3.63, 3.8) is 0 Å². The summed E-state index contributed by atoms with van der Waals surface area (Å²) in [6, 6.07) is 0.747. The van der Waals surface area contributed by atoms with Crippen LogP contribution in [-0.2, 0) is 14.8 Å². The van der Waals surface area contributed by atoms with Crippen LogP contribution < -0.4 is 4.72 Å². The smallest absolute Gasteiger partial charge is 0.303 e. The van der Waals surface area contributed by atoms with Crippen LogP contribution in [0.3, 0.4) is 0 Å². The van der Waals surface area contributed by atoms with Gasteiger partial charge in [-0.3, -0.25) is 4.79 Å². The average molecular weight is 290 g/mol. The molecule has 0 aromatic carbocycles. The van der Waals surface area contributed by atoms with E-state index in [0.29, 0.717) is 12.5 Å². The van der Waals surface area contributed by atoms with Crippen molar-refractivity contribution in [2.24, 2.45) is 5.92 Å². The van der Waals surface area contributed by atoms with Gasteiger partial charge in [0.05, 0.1) is 5.75 Å². The molecule has 0 radical (unpaired) electrons. The Hall–Kier alpha value is -0.660. The molecule has 1 heterocycles. The molecule has 6 nitrogen and oxygen atoms in total. The number of likely N-dealkylation sites (tertiary alicyclic amines) is 1. The third-order valence-corrected chi connectivity index (χ3v) is 5.21. The van der Waals surface area contributed by atoms with Crippen molar-refractivity contribution in [3.8, 4) is 0 Å². The maximum atomic E-state index is 11.7. The SMILES string of the molecule is O=C(O)CCCS(=O)(=O)NCC1CCN(C2CC2)C1. The van der Waals surface area contributed by atoms with E-state index in [1.165, 1.54) is 12.8 Å². The second-order valence-electron chi connectivity index (χ2n) is 5.55. The second-order valence-corrected chi connectivity index (χ2v) is 7.47. The molecular weight excluding hydrogens is 268 g/mol. The van der Waals surface area contributed by atoms with Gasteiger partial charge >= 0.3 is 5.97 Å². The van der Waals surface area contributed by atoms with Gasteiger partial charge < -0.3 is 10.0 Å². The molecule has 1 saturated carbocycles. The molecule has 19 heavy (non-hydrogen) atoms. The molecule has 0 aromatic heterocycles. The zero-order valence-electron chi connectivity index (χ0n) is 11.0. The Bertz CT molecular complexity index is 419. The summed E-state index contributed by atoms with van der Waals surface area (Å²) in [5, 5.41) is 8.48. The number of nitrogens with zero attached hydrogens (tertiary/aromatic N) is 1. The van der Waals surface area contributed by atoms with Gasteiger partial charge in [-0.05, 0) is 38.1 Å². The van der Waals surface area contributed by atoms with E-state index in [1.807, 2.05) is 0 Å². The van der Waals surface area contributed by atoms with Gasteiger partial charge in [0, 0.05) is 25.6 Å². The van der Waals surface area contributed by atoms with Gasteiger partial charge in [-0.25, -0.2) is 13.1 Å². The van der Waals surface area contributed by atoms with Crippen LogP contribution >= 0.6 is 0 Å². The summed E-state index contributed by atoms with van der Waals surface area (Å²) in [7, 11) is -3.32. The Balaban J connectivity index is 1.65. The highest BCUT2D eigenvalue weighted by atomic mass is 32.2. The predicted octanol–water partition coefficient (Wildman–Crippen LogP) is 0.255. The van der Waals surface area contributed by atoms with Crippen molar-refractivity contribution in [2.45, 2.75) is 38.1 Å². The fraction of sp³-hybridized carbons (Fsp3) is 0.917. The third-order valence-electron chi connectivity index (χ3n) is 3.78. The Morgan fingerprint density at radius 2 is 2.05 bits per heavy atom. The van der Waals surface area contributed by atoms with E-state index < -0.39 is 16.0 Å². The van der Waals surface area contributed by atoms with Crippen molar-refractivity contribution in [3.05, 3.63) is 0 Å². The largest absolute Gasteiger partial charge is 0.481 e. The Kier molecular flexibility index (Phi) is 4.81. The minimum absolute atomic E-state index is 0.0974. The van der Waals surface area contributed by atoms with Crippen LogP contribution in [0.15, 0.2) is 0 Å². The van der Waals surface area contributed by atoms with Crippen LogP contribution in [0, 0.1) is 5.92 Å². The monoisotopic (exact) mass is 290 g/mol. The first-order valence-electron chi connectivity index (χ1n) is 6.89. The molecule has 2 N–H and O–H groups in total. The lowest BCUT2D eigenvalue weighted by Gasteiger charge is -2.15. The molecule has 1 aliphatic heterocycles. The van der Waals surface area contributed by atoms with E-state index in [2.05, 4.69) is 9.62 Å². The minimum atomic E-state index is -3.32. The fourth-order valence-electron chi connectivity index (χ4n) is 2.53. The van der Waals surface area contributed by atoms with Crippen molar-refractivity contribution in [1.82, 2.24) is 9.62 Å². The Morgan fingerprint density at radius 1 is 1.32 bits per heavy atom. The molecule has 7 heteroatoms. The highest BCUT2D eigenvalue weighted by Crippen LogP contribution is 2.31. The Morgan fingerprint density at radius 3 is 2.68 bits per heavy atom. The molecule has 1 aliphatic carbocycles. The number of hydrogen-bond donors (Lipinski definition) is 2. The van der Waals surface area contributed by atoms with Gasteiger partial charge in [-0.1, -0.05) is 0 Å². The zero-order chi connectivity index (χ0) is 13.9. The first-order chi connectivity index (χ1) is 8.96. The fourth-order valence-corrected chi connectivity index (χ4v) is 3.69. The van der Waals surface area contributed by atoms with Crippen molar-refractivity contribution in [1.29, 1.82) is 0 Å². The van der Waals surface area contributed by atoms with E-state index in [0.717, 1.165) is 25.6 Å². The highest BCUT2D eigenvalue weighted by molar-refractivity contribution is 7.89. The summed E-state index contributed by atoms with van der Waals surface area (Å²) in [5.41, 5.74) is 0. The maximum absolute atomic E-state index is 11.7. The highest BCUT2D eigenvalue weighted by Gasteiger charge is 2.34. The van der Waals surface area contributed by atoms with E-state index in [1.54, 1.807) is 0 Å². The average Bonchev–Trinajstić information content (AvgIpc) is 3.06. The van der Waals surface area contributed by atoms with Crippen LogP contribution in [0.5, 0.6) is 0 Å². The lowest BCUT2D eigenvalue weighted by molar-refractivity contribution is -0.137. The number of nitrogens with one attached hydrogen (secondary N) is 1. The van der Waals surface area contributed by atoms with Gasteiger partial charge in [0.25, 0.3) is 0 Å². The zero-order valence-corrected chi connectivity index (χ0v) is 11.9. The molecule has 110 valence electrons. The Labute approximate surface area is 114 Å². The van der Waals surface area contributed by atoms with Gasteiger partial charge in [0.1, 0.15) is 0 Å². The number of carboxylic acids is 1. The lowest BCUT2D eigenvalue weighted by atomic mass is 10.1. The maximum Gasteiger partial charge on any atom is 0.303 e. The summed E-state index contributed by atoms with van der Waals surface area (Å²) < 4.78 is 26.0. The van der Waals surface area contributed by atoms with E-state index >= 15 is 0 Å². The first-order valence-corrected chi connectivity index (χ1v) is 8.55. The quantitative estimate of drug-likeness (QED) is 0.669. The molecule has 1 atom stereocenters. The number of sulfonamides is 1. The molecule has 1 saturated heterocycles. The molecule has 0 aromatic rings. The number of carboxylic acid groups (broad SMARTS) is 1. The summed E-state index contributed by atoms with van der Waals surface area (Å²) in [6.45, 7) is 2.55. The number of rotatable bonds is 8. The molecule has 0 bridgehead atoms. The van der Waals surface area contributed by atoms with Crippen LogP contribution in [0.4, 0.5) is 0 Å². The van der Waals surface area contributed by atoms with Crippen LogP contribution in [0.25, 0.3) is 0 Å². The first kappa shape index (κ1) is 14.7. The van der Waals surface area contributed by atoms with Crippen LogP contribution in [0.2, 0.25) is 0 Å². The summed E-state index contributed by atoms with van der Waals surface area (Å²) >= 11 is 0. The molecule has 1 unspecified atom stereocenters. The van der Waals surface area contributed by atoms with Crippen molar-refractivity contribution >= 4 is 16.0 Å². The van der Waals surface area contributed by atoms with Gasteiger partial charge in [-0.2, -0.15) is 0 Å². The van der Waals surface area contributed by atoms with E-state index in [-0.39, 0.29) is 18.6 Å². The van der Waals surface area contributed by atoms with Gasteiger partial charge in [0.2, 0.25) is 10.0 Å². The lowest BCUT2D eigenvalue weighted by Crippen LogP contribution is -2.33. The van der Waals surface area contributed by atoms with Crippen molar-refractivity contribution in [2.75, 3.05) is 25.4 Å². The minimum Gasteiger partial charge on any atom is -0.481 e. The summed E-state index contributed by atoms with van der Waals surface area (Å²) in [4.78, 5) is 12.8. The van der Waals surface area contributed by atoms with Crippen LogP contribution in [-0.4, -0.2) is 55.8 Å². The van der Waals surface area contributed by atoms with E-state index in [9.17, 15) is 13.2 Å². The summed E-state index contributed by atoms with van der Waals surface area (Å²) in [5.74, 6) is -0.654. The number of aliphatic carboxylic acids is 1. The molecule has 0 spiro atoms.